The lowest BCUT2D eigenvalue weighted by Crippen LogP contribution is -2.12. The predicted molar refractivity (Wildman–Crippen MR) is 58.4 cm³/mol. The minimum Gasteiger partial charge on any atom is -0.490 e. The molecule has 0 aromatic carbocycles. The van der Waals surface area contributed by atoms with Crippen molar-refractivity contribution in [1.29, 1.82) is 0 Å². The van der Waals surface area contributed by atoms with E-state index < -0.39 is 13.0 Å². The largest absolute Gasteiger partial charge is 0.490 e. The molecular formula is C8H13F2N3O2S. The van der Waals surface area contributed by atoms with Crippen LogP contribution in [0.4, 0.5) is 19.6 Å². The molecule has 16 heavy (non-hydrogen) atoms. The first-order chi connectivity index (χ1) is 7.65. The Kier molecular flexibility index (Phi) is 5.20. The van der Waals surface area contributed by atoms with Crippen molar-refractivity contribution in [3.63, 3.8) is 0 Å². The lowest BCUT2D eigenvalue weighted by molar-refractivity contribution is 0.0215. The van der Waals surface area contributed by atoms with E-state index in [9.17, 15) is 8.78 Å². The molecular weight excluding hydrogens is 240 g/mol. The molecule has 0 saturated heterocycles. The number of alkyl halides is 2. The zero-order valence-corrected chi connectivity index (χ0v) is 9.52. The van der Waals surface area contributed by atoms with Gasteiger partial charge in [-0.2, -0.15) is 4.37 Å². The quantitative estimate of drug-likeness (QED) is 0.719. The van der Waals surface area contributed by atoms with Gasteiger partial charge in [0.05, 0.1) is 13.7 Å². The molecule has 0 aliphatic carbocycles. The van der Waals surface area contributed by atoms with Crippen LogP contribution in [-0.2, 0) is 4.74 Å². The van der Waals surface area contributed by atoms with Gasteiger partial charge in [0.25, 0.3) is 6.43 Å². The van der Waals surface area contributed by atoms with Crippen LogP contribution < -0.4 is 15.8 Å². The zero-order chi connectivity index (χ0) is 12.0. The van der Waals surface area contributed by atoms with Gasteiger partial charge in [0.2, 0.25) is 0 Å². The molecule has 0 spiro atoms. The van der Waals surface area contributed by atoms with Crippen molar-refractivity contribution in [2.75, 3.05) is 37.9 Å². The van der Waals surface area contributed by atoms with Crippen molar-refractivity contribution in [2.45, 2.75) is 6.43 Å². The van der Waals surface area contributed by atoms with E-state index in [0.717, 1.165) is 11.5 Å². The summed E-state index contributed by atoms with van der Waals surface area (Å²) in [6.45, 7) is 0.0274. The van der Waals surface area contributed by atoms with Crippen LogP contribution in [-0.4, -0.2) is 37.7 Å². The maximum Gasteiger partial charge on any atom is 0.261 e. The second kappa shape index (κ2) is 6.44. The molecule has 0 amide bonds. The molecule has 5 nitrogen and oxygen atoms in total. The first-order valence-corrected chi connectivity index (χ1v) is 5.31. The molecule has 0 atom stereocenters. The Morgan fingerprint density at radius 3 is 2.94 bits per heavy atom. The molecule has 0 saturated carbocycles. The van der Waals surface area contributed by atoms with Crippen LogP contribution in [0.1, 0.15) is 0 Å². The molecule has 0 bridgehead atoms. The summed E-state index contributed by atoms with van der Waals surface area (Å²) < 4.78 is 37.0. The number of halogens is 2. The Balaban J connectivity index is 2.26. The molecule has 0 aliphatic rings. The summed E-state index contributed by atoms with van der Waals surface area (Å²) in [5.74, 6) is 0.780. The minimum atomic E-state index is -2.44. The van der Waals surface area contributed by atoms with Crippen LogP contribution in [0.2, 0.25) is 0 Å². The third kappa shape index (κ3) is 3.78. The molecule has 1 aromatic heterocycles. The highest BCUT2D eigenvalue weighted by Gasteiger charge is 2.10. The van der Waals surface area contributed by atoms with E-state index in [4.69, 9.17) is 15.2 Å². The molecule has 0 aliphatic heterocycles. The topological polar surface area (TPSA) is 69.4 Å². The monoisotopic (exact) mass is 253 g/mol. The molecule has 1 aromatic rings. The van der Waals surface area contributed by atoms with Gasteiger partial charge in [-0.25, -0.2) is 8.78 Å². The van der Waals surface area contributed by atoms with Gasteiger partial charge in [-0.3, -0.25) is 0 Å². The third-order valence-corrected chi connectivity index (χ3v) is 2.45. The summed E-state index contributed by atoms with van der Waals surface area (Å²) in [4.78, 5) is 0. The van der Waals surface area contributed by atoms with Gasteiger partial charge in [-0.05, 0) is 11.5 Å². The molecule has 0 fully saturated rings. The SMILES string of the molecule is COc1c(N)nsc1NCCOCC(F)F. The van der Waals surface area contributed by atoms with Crippen LogP contribution in [0, 0.1) is 0 Å². The van der Waals surface area contributed by atoms with Gasteiger partial charge in [0.15, 0.2) is 16.6 Å². The highest BCUT2D eigenvalue weighted by atomic mass is 32.1. The number of nitrogen functional groups attached to an aromatic ring is 1. The highest BCUT2D eigenvalue weighted by molar-refractivity contribution is 7.11. The maximum atomic E-state index is 11.7. The van der Waals surface area contributed by atoms with Crippen molar-refractivity contribution >= 4 is 22.4 Å². The van der Waals surface area contributed by atoms with Crippen LogP contribution in [0.25, 0.3) is 0 Å². The smallest absolute Gasteiger partial charge is 0.261 e. The average molecular weight is 253 g/mol. The normalized spacial score (nSPS) is 10.8. The van der Waals surface area contributed by atoms with Gasteiger partial charge in [-0.15, -0.1) is 0 Å². The number of nitrogens with one attached hydrogen (secondary N) is 1. The summed E-state index contributed by atoms with van der Waals surface area (Å²) >= 11 is 1.15. The van der Waals surface area contributed by atoms with E-state index in [2.05, 4.69) is 9.69 Å². The van der Waals surface area contributed by atoms with Crippen molar-refractivity contribution in [2.24, 2.45) is 0 Å². The van der Waals surface area contributed by atoms with Crippen molar-refractivity contribution in [3.05, 3.63) is 0 Å². The molecule has 3 N–H and O–H groups in total. The highest BCUT2D eigenvalue weighted by Crippen LogP contribution is 2.34. The standard InChI is InChI=1S/C8H13F2N3O2S/c1-14-6-7(11)13-16-8(6)12-2-3-15-4-5(9)10/h5,12H,2-4H2,1H3,(H2,11,13). The number of methoxy groups -OCH3 is 1. The first-order valence-electron chi connectivity index (χ1n) is 4.54. The second-order valence-electron chi connectivity index (χ2n) is 2.82. The number of aromatic nitrogens is 1. The maximum absolute atomic E-state index is 11.7. The summed E-state index contributed by atoms with van der Waals surface area (Å²) in [5, 5.41) is 3.61. The summed E-state index contributed by atoms with van der Waals surface area (Å²) in [6.07, 6.45) is -2.44. The predicted octanol–water partition coefficient (Wildman–Crippen LogP) is 1.43. The van der Waals surface area contributed by atoms with E-state index in [1.807, 2.05) is 0 Å². The minimum absolute atomic E-state index is 0.186. The molecule has 1 rings (SSSR count). The van der Waals surface area contributed by atoms with Gasteiger partial charge in [0, 0.05) is 6.54 Å². The van der Waals surface area contributed by atoms with Crippen LogP contribution in [0.5, 0.6) is 5.75 Å². The summed E-state index contributed by atoms with van der Waals surface area (Å²) in [5.41, 5.74) is 5.53. The van der Waals surface area contributed by atoms with Crippen LogP contribution in [0.3, 0.4) is 0 Å². The van der Waals surface area contributed by atoms with Crippen molar-refractivity contribution in [3.8, 4) is 5.75 Å². The Morgan fingerprint density at radius 2 is 2.31 bits per heavy atom. The number of hydrogen-bond donors (Lipinski definition) is 2. The fourth-order valence-corrected chi connectivity index (χ4v) is 1.72. The van der Waals surface area contributed by atoms with Gasteiger partial charge in [0.1, 0.15) is 6.61 Å². The van der Waals surface area contributed by atoms with E-state index in [-0.39, 0.29) is 6.61 Å². The fraction of sp³-hybridized carbons (Fsp3) is 0.625. The summed E-state index contributed by atoms with van der Waals surface area (Å²) in [6, 6.07) is 0. The van der Waals surface area contributed by atoms with Gasteiger partial charge in [-0.1, -0.05) is 0 Å². The van der Waals surface area contributed by atoms with Gasteiger partial charge >= 0.3 is 0 Å². The lowest BCUT2D eigenvalue weighted by Gasteiger charge is -2.06. The molecule has 1 heterocycles. The first kappa shape index (κ1) is 12.9. The molecule has 92 valence electrons. The Hall–Kier alpha value is -1.15. The number of nitrogens with zero attached hydrogens (tertiary/aromatic N) is 1. The average Bonchev–Trinajstić information content (AvgIpc) is 2.58. The molecule has 0 unspecified atom stereocenters. The Labute approximate surface area is 95.7 Å². The Morgan fingerprint density at radius 1 is 1.56 bits per heavy atom. The third-order valence-electron chi connectivity index (χ3n) is 1.65. The van der Waals surface area contributed by atoms with Crippen molar-refractivity contribution < 1.29 is 18.3 Å². The Bertz CT molecular complexity index is 322. The second-order valence-corrected chi connectivity index (χ2v) is 3.60. The number of anilines is 2. The van der Waals surface area contributed by atoms with Crippen LogP contribution in [0.15, 0.2) is 0 Å². The lowest BCUT2D eigenvalue weighted by atomic mass is 10.5. The van der Waals surface area contributed by atoms with Gasteiger partial charge < -0.3 is 20.5 Å². The van der Waals surface area contributed by atoms with Crippen LogP contribution >= 0.6 is 11.5 Å². The fourth-order valence-electron chi connectivity index (χ4n) is 1.01. The number of rotatable bonds is 7. The van der Waals surface area contributed by atoms with E-state index in [1.165, 1.54) is 7.11 Å². The molecule has 0 radical (unpaired) electrons. The van der Waals surface area contributed by atoms with E-state index >= 15 is 0 Å². The molecule has 8 heteroatoms. The number of ether oxygens (including phenoxy) is 2. The van der Waals surface area contributed by atoms with E-state index in [1.54, 1.807) is 0 Å². The number of nitrogens with two attached hydrogens (primary N) is 1. The zero-order valence-electron chi connectivity index (χ0n) is 8.70. The summed E-state index contributed by atoms with van der Waals surface area (Å²) in [7, 11) is 1.48. The van der Waals surface area contributed by atoms with E-state index in [0.29, 0.717) is 23.1 Å². The number of hydrogen-bond acceptors (Lipinski definition) is 6. The van der Waals surface area contributed by atoms with Crippen molar-refractivity contribution in [1.82, 2.24) is 4.37 Å².